The number of aryl methyl sites for hydroxylation is 1. The average Bonchev–Trinajstić information content (AvgIpc) is 2.47. The summed E-state index contributed by atoms with van der Waals surface area (Å²) in [5.41, 5.74) is 2.54. The SMILES string of the molecule is CNC(=S)N1CCN(Cc2cc(C)ccc2OC)CC1. The molecule has 0 radical (unpaired) electrons. The van der Waals surface area contributed by atoms with Crippen molar-refractivity contribution in [1.29, 1.82) is 0 Å². The summed E-state index contributed by atoms with van der Waals surface area (Å²) >= 11 is 5.28. The van der Waals surface area contributed by atoms with Gasteiger partial charge in [0.25, 0.3) is 0 Å². The van der Waals surface area contributed by atoms with Gasteiger partial charge in [-0.05, 0) is 25.2 Å². The van der Waals surface area contributed by atoms with Crippen LogP contribution in [0.1, 0.15) is 11.1 Å². The Hall–Kier alpha value is -1.33. The van der Waals surface area contributed by atoms with Crippen molar-refractivity contribution in [1.82, 2.24) is 15.1 Å². The summed E-state index contributed by atoms with van der Waals surface area (Å²) < 4.78 is 5.45. The van der Waals surface area contributed by atoms with Gasteiger partial charge in [-0.2, -0.15) is 0 Å². The first-order valence-corrected chi connectivity index (χ1v) is 7.37. The minimum atomic E-state index is 0.845. The molecule has 0 aliphatic carbocycles. The van der Waals surface area contributed by atoms with Crippen molar-refractivity contribution < 1.29 is 4.74 Å². The van der Waals surface area contributed by atoms with Gasteiger partial charge >= 0.3 is 0 Å². The van der Waals surface area contributed by atoms with Crippen molar-refractivity contribution in [2.24, 2.45) is 0 Å². The van der Waals surface area contributed by atoms with Gasteiger partial charge in [-0.3, -0.25) is 4.90 Å². The molecule has 1 aromatic rings. The quantitative estimate of drug-likeness (QED) is 0.855. The number of nitrogens with one attached hydrogen (secondary N) is 1. The Morgan fingerprint density at radius 1 is 1.30 bits per heavy atom. The Labute approximate surface area is 126 Å². The molecule has 110 valence electrons. The molecule has 1 aliphatic rings. The molecule has 1 fully saturated rings. The minimum Gasteiger partial charge on any atom is -0.496 e. The number of methoxy groups -OCH3 is 1. The zero-order chi connectivity index (χ0) is 14.5. The summed E-state index contributed by atoms with van der Waals surface area (Å²) in [6.45, 7) is 7.07. The molecule has 0 saturated carbocycles. The van der Waals surface area contributed by atoms with E-state index in [0.29, 0.717) is 0 Å². The summed E-state index contributed by atoms with van der Waals surface area (Å²) in [7, 11) is 3.61. The number of benzene rings is 1. The van der Waals surface area contributed by atoms with Gasteiger partial charge in [0, 0.05) is 45.3 Å². The normalized spacial score (nSPS) is 16.1. The topological polar surface area (TPSA) is 27.7 Å². The summed E-state index contributed by atoms with van der Waals surface area (Å²) in [5, 5.41) is 3.89. The second kappa shape index (κ2) is 6.90. The van der Waals surface area contributed by atoms with Crippen LogP contribution in [0.3, 0.4) is 0 Å². The molecule has 1 heterocycles. The maximum atomic E-state index is 5.45. The number of rotatable bonds is 3. The fraction of sp³-hybridized carbons (Fsp3) is 0.533. The second-order valence-corrected chi connectivity index (χ2v) is 5.52. The van der Waals surface area contributed by atoms with Gasteiger partial charge in [-0.1, -0.05) is 17.7 Å². The van der Waals surface area contributed by atoms with Gasteiger partial charge in [-0.15, -0.1) is 0 Å². The fourth-order valence-corrected chi connectivity index (χ4v) is 2.72. The standard InChI is InChI=1S/C15H23N3OS/c1-12-4-5-14(19-3)13(10-12)11-17-6-8-18(9-7-17)15(20)16-2/h4-5,10H,6-9,11H2,1-3H3,(H,16,20). The molecule has 0 bridgehead atoms. The highest BCUT2D eigenvalue weighted by molar-refractivity contribution is 7.80. The van der Waals surface area contributed by atoms with Crippen LogP contribution in [0.25, 0.3) is 0 Å². The molecule has 0 unspecified atom stereocenters. The molecule has 1 aromatic carbocycles. The number of ether oxygens (including phenoxy) is 1. The predicted octanol–water partition coefficient (Wildman–Crippen LogP) is 1.63. The van der Waals surface area contributed by atoms with Crippen LogP contribution in [0.2, 0.25) is 0 Å². The van der Waals surface area contributed by atoms with E-state index in [1.165, 1.54) is 11.1 Å². The van der Waals surface area contributed by atoms with E-state index in [2.05, 4.69) is 40.2 Å². The van der Waals surface area contributed by atoms with E-state index in [1.807, 2.05) is 7.05 Å². The lowest BCUT2D eigenvalue weighted by Gasteiger charge is -2.36. The van der Waals surface area contributed by atoms with Crippen LogP contribution in [0.5, 0.6) is 5.75 Å². The van der Waals surface area contributed by atoms with Crippen molar-refractivity contribution in [2.45, 2.75) is 13.5 Å². The largest absolute Gasteiger partial charge is 0.496 e. The summed E-state index contributed by atoms with van der Waals surface area (Å²) in [5.74, 6) is 0.976. The molecule has 1 saturated heterocycles. The van der Waals surface area contributed by atoms with Crippen LogP contribution in [0, 0.1) is 6.92 Å². The highest BCUT2D eigenvalue weighted by Crippen LogP contribution is 2.21. The lowest BCUT2D eigenvalue weighted by atomic mass is 10.1. The Morgan fingerprint density at radius 3 is 2.60 bits per heavy atom. The van der Waals surface area contributed by atoms with Crippen molar-refractivity contribution >= 4 is 17.3 Å². The van der Waals surface area contributed by atoms with Crippen molar-refractivity contribution in [3.05, 3.63) is 29.3 Å². The van der Waals surface area contributed by atoms with E-state index in [9.17, 15) is 0 Å². The highest BCUT2D eigenvalue weighted by atomic mass is 32.1. The van der Waals surface area contributed by atoms with Gasteiger partial charge in [-0.25, -0.2) is 0 Å². The Balaban J connectivity index is 1.96. The minimum absolute atomic E-state index is 0.845. The first-order chi connectivity index (χ1) is 9.63. The molecule has 1 aliphatic heterocycles. The van der Waals surface area contributed by atoms with E-state index in [4.69, 9.17) is 17.0 Å². The maximum absolute atomic E-state index is 5.45. The van der Waals surface area contributed by atoms with E-state index >= 15 is 0 Å². The Kier molecular flexibility index (Phi) is 5.20. The fourth-order valence-electron chi connectivity index (χ4n) is 2.54. The van der Waals surface area contributed by atoms with Crippen molar-refractivity contribution in [3.63, 3.8) is 0 Å². The molecule has 2 rings (SSSR count). The predicted molar refractivity (Wildman–Crippen MR) is 86.2 cm³/mol. The summed E-state index contributed by atoms with van der Waals surface area (Å²) in [6.07, 6.45) is 0. The molecular formula is C15H23N3OS. The number of piperazine rings is 1. The van der Waals surface area contributed by atoms with Crippen LogP contribution >= 0.6 is 12.2 Å². The number of hydrogen-bond acceptors (Lipinski definition) is 3. The average molecular weight is 293 g/mol. The molecule has 0 atom stereocenters. The van der Waals surface area contributed by atoms with Gasteiger partial charge in [0.05, 0.1) is 7.11 Å². The molecule has 0 aromatic heterocycles. The number of thiocarbonyl (C=S) groups is 1. The third kappa shape index (κ3) is 3.61. The molecule has 1 N–H and O–H groups in total. The van der Waals surface area contributed by atoms with E-state index < -0.39 is 0 Å². The van der Waals surface area contributed by atoms with Gasteiger partial charge in [0.15, 0.2) is 5.11 Å². The van der Waals surface area contributed by atoms with Crippen LogP contribution in [0.15, 0.2) is 18.2 Å². The summed E-state index contributed by atoms with van der Waals surface area (Å²) in [4.78, 5) is 4.67. The number of hydrogen-bond donors (Lipinski definition) is 1. The maximum Gasteiger partial charge on any atom is 0.168 e. The van der Waals surface area contributed by atoms with Crippen molar-refractivity contribution in [3.8, 4) is 5.75 Å². The molecule has 5 heteroatoms. The van der Waals surface area contributed by atoms with E-state index in [1.54, 1.807) is 7.11 Å². The lowest BCUT2D eigenvalue weighted by molar-refractivity contribution is 0.173. The second-order valence-electron chi connectivity index (χ2n) is 5.13. The molecule has 20 heavy (non-hydrogen) atoms. The Bertz CT molecular complexity index is 470. The lowest BCUT2D eigenvalue weighted by Crippen LogP contribution is -2.50. The van der Waals surface area contributed by atoms with Crippen LogP contribution in [-0.4, -0.2) is 55.2 Å². The third-order valence-electron chi connectivity index (χ3n) is 3.70. The van der Waals surface area contributed by atoms with Gasteiger partial charge in [0.2, 0.25) is 0 Å². The number of nitrogens with zero attached hydrogens (tertiary/aromatic N) is 2. The van der Waals surface area contributed by atoms with Crippen LogP contribution < -0.4 is 10.1 Å². The smallest absolute Gasteiger partial charge is 0.168 e. The third-order valence-corrected chi connectivity index (χ3v) is 4.17. The monoisotopic (exact) mass is 293 g/mol. The first-order valence-electron chi connectivity index (χ1n) is 6.96. The summed E-state index contributed by atoms with van der Waals surface area (Å²) in [6, 6.07) is 6.35. The van der Waals surface area contributed by atoms with E-state index in [-0.39, 0.29) is 0 Å². The zero-order valence-electron chi connectivity index (χ0n) is 12.5. The van der Waals surface area contributed by atoms with Crippen LogP contribution in [-0.2, 0) is 6.54 Å². The molecular weight excluding hydrogens is 270 g/mol. The molecule has 4 nitrogen and oxygen atoms in total. The van der Waals surface area contributed by atoms with Crippen LogP contribution in [0.4, 0.5) is 0 Å². The van der Waals surface area contributed by atoms with Gasteiger partial charge in [0.1, 0.15) is 5.75 Å². The van der Waals surface area contributed by atoms with Gasteiger partial charge < -0.3 is 15.0 Å². The van der Waals surface area contributed by atoms with E-state index in [0.717, 1.165) is 43.6 Å². The molecule has 0 spiro atoms. The zero-order valence-corrected chi connectivity index (χ0v) is 13.3. The van der Waals surface area contributed by atoms with Crippen molar-refractivity contribution in [2.75, 3.05) is 40.3 Å². The Morgan fingerprint density at radius 2 is 2.00 bits per heavy atom. The highest BCUT2D eigenvalue weighted by Gasteiger charge is 2.19. The first kappa shape index (κ1) is 15.1. The molecule has 0 amide bonds.